The zero-order chi connectivity index (χ0) is 13.0. The number of guanidine groups is 1. The number of hydrogen-bond donors (Lipinski definition) is 2. The molecule has 1 fully saturated rings. The molecule has 0 aliphatic carbocycles. The van der Waals surface area contributed by atoms with Crippen LogP contribution >= 0.6 is 0 Å². The summed E-state index contributed by atoms with van der Waals surface area (Å²) in [6.45, 7) is 2.87. The van der Waals surface area contributed by atoms with Gasteiger partial charge in [0.15, 0.2) is 0 Å². The molecule has 0 unspecified atom stereocenters. The number of aliphatic imine (C=N–C) groups is 1. The lowest BCUT2D eigenvalue weighted by Gasteiger charge is -2.04. The van der Waals surface area contributed by atoms with E-state index >= 15 is 0 Å². The van der Waals surface area contributed by atoms with E-state index in [2.05, 4.69) is 15.6 Å². The van der Waals surface area contributed by atoms with Gasteiger partial charge in [-0.3, -0.25) is 20.2 Å². The van der Waals surface area contributed by atoms with Gasteiger partial charge >= 0.3 is 11.8 Å². The van der Waals surface area contributed by atoms with E-state index in [9.17, 15) is 9.59 Å². The van der Waals surface area contributed by atoms with E-state index in [0.29, 0.717) is 13.2 Å². The van der Waals surface area contributed by atoms with Crippen molar-refractivity contribution in [2.45, 2.75) is 13.5 Å². The smallest absolute Gasteiger partial charge is 0.316 e. The van der Waals surface area contributed by atoms with Gasteiger partial charge < -0.3 is 4.74 Å². The normalized spacial score (nSPS) is 14.2. The summed E-state index contributed by atoms with van der Waals surface area (Å²) in [7, 11) is 0. The van der Waals surface area contributed by atoms with Crippen molar-refractivity contribution >= 4 is 17.8 Å². The van der Waals surface area contributed by atoms with E-state index in [-0.39, 0.29) is 5.96 Å². The molecule has 1 saturated heterocycles. The second-order valence-corrected chi connectivity index (χ2v) is 3.65. The minimum Gasteiger partial charge on any atom is -0.494 e. The highest BCUT2D eigenvalue weighted by molar-refractivity contribution is 6.45. The summed E-state index contributed by atoms with van der Waals surface area (Å²) in [6.07, 6.45) is 0. The number of ether oxygens (including phenoxy) is 1. The molecule has 6 nitrogen and oxygen atoms in total. The predicted octanol–water partition coefficient (Wildman–Crippen LogP) is 0.187. The van der Waals surface area contributed by atoms with Crippen molar-refractivity contribution in [3.63, 3.8) is 0 Å². The molecule has 0 atom stereocenters. The topological polar surface area (TPSA) is 79.8 Å². The maximum Gasteiger partial charge on any atom is 0.316 e. The summed E-state index contributed by atoms with van der Waals surface area (Å²) in [5.41, 5.74) is 0.934. The summed E-state index contributed by atoms with van der Waals surface area (Å²) < 4.78 is 5.36. The highest BCUT2D eigenvalue weighted by Crippen LogP contribution is 2.13. The SMILES string of the molecule is CCOc1cccc(CN=C2NC(=O)C(=O)N2)c1. The Morgan fingerprint density at radius 1 is 1.22 bits per heavy atom. The van der Waals surface area contributed by atoms with Gasteiger partial charge in [0.2, 0.25) is 5.96 Å². The van der Waals surface area contributed by atoms with Gasteiger partial charge in [-0.05, 0) is 24.6 Å². The number of rotatable bonds is 4. The maximum atomic E-state index is 10.9. The zero-order valence-electron chi connectivity index (χ0n) is 9.90. The van der Waals surface area contributed by atoms with Gasteiger partial charge in [-0.1, -0.05) is 12.1 Å². The third-order valence-corrected chi connectivity index (χ3v) is 2.30. The monoisotopic (exact) mass is 247 g/mol. The fourth-order valence-electron chi connectivity index (χ4n) is 1.51. The third-order valence-electron chi connectivity index (χ3n) is 2.30. The number of hydrogen-bond acceptors (Lipinski definition) is 4. The third kappa shape index (κ3) is 2.85. The van der Waals surface area contributed by atoms with E-state index in [0.717, 1.165) is 11.3 Å². The van der Waals surface area contributed by atoms with Gasteiger partial charge in [0.1, 0.15) is 5.75 Å². The minimum absolute atomic E-state index is 0.187. The van der Waals surface area contributed by atoms with Crippen LogP contribution in [0.5, 0.6) is 5.75 Å². The van der Waals surface area contributed by atoms with Gasteiger partial charge in [-0.25, -0.2) is 4.99 Å². The van der Waals surface area contributed by atoms with Gasteiger partial charge in [0.05, 0.1) is 13.2 Å². The Bertz CT molecular complexity index is 493. The van der Waals surface area contributed by atoms with Gasteiger partial charge in [-0.2, -0.15) is 0 Å². The predicted molar refractivity (Wildman–Crippen MR) is 65.0 cm³/mol. The van der Waals surface area contributed by atoms with Crippen LogP contribution in [-0.4, -0.2) is 24.4 Å². The van der Waals surface area contributed by atoms with Crippen molar-refractivity contribution in [1.82, 2.24) is 10.6 Å². The summed E-state index contributed by atoms with van der Waals surface area (Å²) in [5.74, 6) is -0.407. The molecule has 0 bridgehead atoms. The van der Waals surface area contributed by atoms with Crippen molar-refractivity contribution in [2.24, 2.45) is 4.99 Å². The minimum atomic E-state index is -0.684. The van der Waals surface area contributed by atoms with Crippen molar-refractivity contribution in [3.05, 3.63) is 29.8 Å². The standard InChI is InChI=1S/C12H13N3O3/c1-2-18-9-5-3-4-8(6-9)7-13-12-14-10(16)11(17)15-12/h3-6H,2,7H2,1H3,(H2,13,14,15,16,17). The van der Waals surface area contributed by atoms with Crippen LogP contribution in [0.15, 0.2) is 29.3 Å². The van der Waals surface area contributed by atoms with Gasteiger partial charge in [0.25, 0.3) is 0 Å². The first kappa shape index (κ1) is 12.1. The Morgan fingerprint density at radius 2 is 1.94 bits per heavy atom. The summed E-state index contributed by atoms with van der Waals surface area (Å²) in [4.78, 5) is 25.9. The van der Waals surface area contributed by atoms with E-state index in [1.165, 1.54) is 0 Å². The number of nitrogens with one attached hydrogen (secondary N) is 2. The summed E-state index contributed by atoms with van der Waals surface area (Å²) in [6, 6.07) is 7.49. The van der Waals surface area contributed by atoms with Crippen LogP contribution in [0.2, 0.25) is 0 Å². The lowest BCUT2D eigenvalue weighted by atomic mass is 10.2. The van der Waals surface area contributed by atoms with Crippen LogP contribution in [0.3, 0.4) is 0 Å². The molecule has 1 aromatic carbocycles. The molecule has 1 aliphatic heterocycles. The molecule has 0 spiro atoms. The zero-order valence-corrected chi connectivity index (χ0v) is 9.90. The molecule has 2 N–H and O–H groups in total. The lowest BCUT2D eigenvalue weighted by molar-refractivity contribution is -0.135. The van der Waals surface area contributed by atoms with Crippen LogP contribution in [-0.2, 0) is 16.1 Å². The molecular weight excluding hydrogens is 234 g/mol. The number of carbonyl (C=O) groups is 2. The van der Waals surface area contributed by atoms with Crippen LogP contribution < -0.4 is 15.4 Å². The first-order chi connectivity index (χ1) is 8.69. The molecule has 1 aromatic rings. The molecule has 94 valence electrons. The van der Waals surface area contributed by atoms with E-state index < -0.39 is 11.8 Å². The molecule has 0 aromatic heterocycles. The number of amides is 2. The molecule has 1 heterocycles. The first-order valence-corrected chi connectivity index (χ1v) is 5.57. The Balaban J connectivity index is 2.02. The van der Waals surface area contributed by atoms with Gasteiger partial charge in [-0.15, -0.1) is 0 Å². The molecule has 2 rings (SSSR count). The summed E-state index contributed by atoms with van der Waals surface area (Å²) >= 11 is 0. The highest BCUT2D eigenvalue weighted by atomic mass is 16.5. The van der Waals surface area contributed by atoms with Crippen LogP contribution in [0, 0.1) is 0 Å². The fourth-order valence-corrected chi connectivity index (χ4v) is 1.51. The lowest BCUT2D eigenvalue weighted by Crippen LogP contribution is -2.25. The van der Waals surface area contributed by atoms with Crippen LogP contribution in [0.1, 0.15) is 12.5 Å². The number of benzene rings is 1. The first-order valence-electron chi connectivity index (χ1n) is 5.57. The Morgan fingerprint density at radius 3 is 2.61 bits per heavy atom. The molecule has 0 radical (unpaired) electrons. The van der Waals surface area contributed by atoms with Crippen molar-refractivity contribution < 1.29 is 14.3 Å². The summed E-state index contributed by atoms with van der Waals surface area (Å²) in [5, 5.41) is 4.67. The van der Waals surface area contributed by atoms with E-state index in [1.807, 2.05) is 31.2 Å². The number of carbonyl (C=O) groups excluding carboxylic acids is 2. The number of nitrogens with zero attached hydrogens (tertiary/aromatic N) is 1. The Labute approximate surface area is 104 Å². The second-order valence-electron chi connectivity index (χ2n) is 3.65. The molecule has 0 saturated carbocycles. The average Bonchev–Trinajstić information content (AvgIpc) is 2.67. The Kier molecular flexibility index (Phi) is 3.57. The Hall–Kier alpha value is -2.37. The fraction of sp³-hybridized carbons (Fsp3) is 0.250. The van der Waals surface area contributed by atoms with Crippen LogP contribution in [0.4, 0.5) is 0 Å². The molecule has 2 amide bonds. The van der Waals surface area contributed by atoms with E-state index in [1.54, 1.807) is 0 Å². The highest BCUT2D eigenvalue weighted by Gasteiger charge is 2.24. The molecule has 6 heteroatoms. The van der Waals surface area contributed by atoms with Crippen LogP contribution in [0.25, 0.3) is 0 Å². The molecular formula is C12H13N3O3. The van der Waals surface area contributed by atoms with Crippen molar-refractivity contribution in [1.29, 1.82) is 0 Å². The second kappa shape index (κ2) is 5.31. The van der Waals surface area contributed by atoms with E-state index in [4.69, 9.17) is 4.74 Å². The van der Waals surface area contributed by atoms with Crippen molar-refractivity contribution in [3.8, 4) is 5.75 Å². The quantitative estimate of drug-likeness (QED) is 0.745. The molecule has 18 heavy (non-hydrogen) atoms. The average molecular weight is 247 g/mol. The van der Waals surface area contributed by atoms with Gasteiger partial charge in [0, 0.05) is 0 Å². The largest absolute Gasteiger partial charge is 0.494 e. The molecule has 1 aliphatic rings. The van der Waals surface area contributed by atoms with Crippen molar-refractivity contribution in [2.75, 3.05) is 6.61 Å². The maximum absolute atomic E-state index is 10.9.